The molecule has 3 N–H and O–H groups in total. The van der Waals surface area contributed by atoms with Crippen molar-refractivity contribution in [1.82, 2.24) is 4.72 Å². The second kappa shape index (κ2) is 6.61. The molecule has 1 rings (SSSR count). The van der Waals surface area contributed by atoms with Crippen LogP contribution in [0.3, 0.4) is 0 Å². The van der Waals surface area contributed by atoms with Gasteiger partial charge in [0.05, 0.1) is 5.75 Å². The number of rotatable bonds is 4. The van der Waals surface area contributed by atoms with Gasteiger partial charge in [-0.3, -0.25) is 0 Å². The van der Waals surface area contributed by atoms with Crippen LogP contribution in [0.2, 0.25) is 0 Å². The van der Waals surface area contributed by atoms with Crippen LogP contribution in [0.25, 0.3) is 0 Å². The van der Waals surface area contributed by atoms with Gasteiger partial charge in [-0.25, -0.2) is 13.1 Å². The molecule has 0 aromatic rings. The van der Waals surface area contributed by atoms with Gasteiger partial charge in [0, 0.05) is 12.6 Å². The number of halogens is 1. The molecule has 1 aliphatic carbocycles. The minimum atomic E-state index is -3.11. The van der Waals surface area contributed by atoms with E-state index in [-0.39, 0.29) is 30.7 Å². The Kier molecular flexibility index (Phi) is 6.68. The summed E-state index contributed by atoms with van der Waals surface area (Å²) >= 11 is 0. The monoisotopic (exact) mass is 241 g/mol. The molecule has 0 aliphatic heterocycles. The van der Waals surface area contributed by atoms with Crippen molar-refractivity contribution in [3.05, 3.63) is 0 Å². The second-order valence-corrected chi connectivity index (χ2v) is 5.43. The SMILES string of the molecule is NCCS(=O)(=O)NC1CCCCC1.[Cl-]. The van der Waals surface area contributed by atoms with Crippen LogP contribution in [0, 0.1) is 0 Å². The third kappa shape index (κ3) is 5.14. The highest BCUT2D eigenvalue weighted by atomic mass is 35.5. The Morgan fingerprint density at radius 3 is 2.29 bits per heavy atom. The highest BCUT2D eigenvalue weighted by Gasteiger charge is 2.18. The van der Waals surface area contributed by atoms with E-state index in [0.717, 1.165) is 25.7 Å². The molecule has 0 radical (unpaired) electrons. The molecule has 14 heavy (non-hydrogen) atoms. The number of nitrogens with two attached hydrogens (primary N) is 1. The van der Waals surface area contributed by atoms with Crippen molar-refractivity contribution in [1.29, 1.82) is 0 Å². The van der Waals surface area contributed by atoms with Crippen molar-refractivity contribution in [2.45, 2.75) is 38.1 Å². The van der Waals surface area contributed by atoms with Crippen LogP contribution < -0.4 is 22.9 Å². The second-order valence-electron chi connectivity index (χ2n) is 3.56. The van der Waals surface area contributed by atoms with Crippen molar-refractivity contribution in [3.63, 3.8) is 0 Å². The summed E-state index contributed by atoms with van der Waals surface area (Å²) in [6, 6.07) is 0.158. The summed E-state index contributed by atoms with van der Waals surface area (Å²) in [7, 11) is -3.11. The fourth-order valence-electron chi connectivity index (χ4n) is 1.69. The molecule has 0 atom stereocenters. The molecule has 0 aromatic heterocycles. The molecule has 0 spiro atoms. The van der Waals surface area contributed by atoms with Crippen LogP contribution in [0.5, 0.6) is 0 Å². The zero-order valence-corrected chi connectivity index (χ0v) is 9.78. The third-order valence-electron chi connectivity index (χ3n) is 2.34. The van der Waals surface area contributed by atoms with Crippen LogP contribution in [0.15, 0.2) is 0 Å². The summed E-state index contributed by atoms with van der Waals surface area (Å²) in [5.41, 5.74) is 5.20. The molecule has 0 amide bonds. The average molecular weight is 242 g/mol. The van der Waals surface area contributed by atoms with Gasteiger partial charge in [0.2, 0.25) is 10.0 Å². The molecule has 1 fully saturated rings. The number of hydrogen-bond donors (Lipinski definition) is 2. The molecule has 0 heterocycles. The first-order valence-corrected chi connectivity index (χ1v) is 6.49. The fraction of sp³-hybridized carbons (Fsp3) is 1.00. The van der Waals surface area contributed by atoms with E-state index < -0.39 is 10.0 Å². The molecule has 86 valence electrons. The average Bonchev–Trinajstić information content (AvgIpc) is 2.04. The van der Waals surface area contributed by atoms with E-state index >= 15 is 0 Å². The molecule has 1 saturated carbocycles. The molecule has 0 unspecified atom stereocenters. The Bertz CT molecular complexity index is 238. The maximum atomic E-state index is 11.3. The van der Waals surface area contributed by atoms with E-state index in [4.69, 9.17) is 5.73 Å². The summed E-state index contributed by atoms with van der Waals surface area (Å²) in [4.78, 5) is 0. The fourth-order valence-corrected chi connectivity index (χ4v) is 2.86. The smallest absolute Gasteiger partial charge is 0.213 e. The first-order chi connectivity index (χ1) is 6.14. The van der Waals surface area contributed by atoms with Gasteiger partial charge in [-0.2, -0.15) is 0 Å². The van der Waals surface area contributed by atoms with Gasteiger partial charge in [0.25, 0.3) is 0 Å². The number of hydrogen-bond acceptors (Lipinski definition) is 3. The first-order valence-electron chi connectivity index (χ1n) is 4.84. The molecule has 0 saturated heterocycles. The summed E-state index contributed by atoms with van der Waals surface area (Å²) in [5, 5.41) is 0. The summed E-state index contributed by atoms with van der Waals surface area (Å²) in [6.07, 6.45) is 5.45. The van der Waals surface area contributed by atoms with Crippen molar-refractivity contribution in [2.75, 3.05) is 12.3 Å². The van der Waals surface area contributed by atoms with Crippen LogP contribution >= 0.6 is 0 Å². The van der Waals surface area contributed by atoms with E-state index in [1.807, 2.05) is 0 Å². The van der Waals surface area contributed by atoms with Crippen LogP contribution in [-0.2, 0) is 10.0 Å². The Labute approximate surface area is 92.1 Å². The van der Waals surface area contributed by atoms with Crippen LogP contribution in [0.4, 0.5) is 0 Å². The van der Waals surface area contributed by atoms with Gasteiger partial charge in [-0.05, 0) is 12.8 Å². The lowest BCUT2D eigenvalue weighted by Crippen LogP contribution is -3.00. The zero-order valence-electron chi connectivity index (χ0n) is 8.21. The van der Waals surface area contributed by atoms with Crippen molar-refractivity contribution >= 4 is 10.0 Å². The first kappa shape index (κ1) is 14.2. The Morgan fingerprint density at radius 2 is 1.79 bits per heavy atom. The molecule has 1 aliphatic rings. The maximum absolute atomic E-state index is 11.3. The van der Waals surface area contributed by atoms with E-state index in [1.54, 1.807) is 0 Å². The van der Waals surface area contributed by atoms with Crippen molar-refractivity contribution < 1.29 is 20.8 Å². The minimum absolute atomic E-state index is 0. The van der Waals surface area contributed by atoms with E-state index in [0.29, 0.717) is 0 Å². The third-order valence-corrected chi connectivity index (χ3v) is 3.80. The highest BCUT2D eigenvalue weighted by Crippen LogP contribution is 2.17. The van der Waals surface area contributed by atoms with Crippen LogP contribution in [0.1, 0.15) is 32.1 Å². The molecule has 0 aromatic carbocycles. The maximum Gasteiger partial charge on any atom is 0.213 e. The largest absolute Gasteiger partial charge is 1.00 e. The van der Waals surface area contributed by atoms with Crippen LogP contribution in [-0.4, -0.2) is 26.8 Å². The van der Waals surface area contributed by atoms with E-state index in [2.05, 4.69) is 4.72 Å². The number of sulfonamides is 1. The zero-order chi connectivity index (χ0) is 9.73. The number of nitrogens with one attached hydrogen (secondary N) is 1. The lowest BCUT2D eigenvalue weighted by molar-refractivity contribution is -0.00000565. The van der Waals surface area contributed by atoms with Gasteiger partial charge in [0.15, 0.2) is 0 Å². The summed E-state index contributed by atoms with van der Waals surface area (Å²) < 4.78 is 25.3. The highest BCUT2D eigenvalue weighted by molar-refractivity contribution is 7.89. The Balaban J connectivity index is 0.00000169. The van der Waals surface area contributed by atoms with Crippen molar-refractivity contribution in [2.24, 2.45) is 5.73 Å². The van der Waals surface area contributed by atoms with Gasteiger partial charge in [-0.15, -0.1) is 0 Å². The van der Waals surface area contributed by atoms with Crippen molar-refractivity contribution in [3.8, 4) is 0 Å². The Hall–Kier alpha value is 0.160. The predicted octanol–water partition coefficient (Wildman–Crippen LogP) is -2.80. The Morgan fingerprint density at radius 1 is 1.21 bits per heavy atom. The predicted molar refractivity (Wildman–Crippen MR) is 52.8 cm³/mol. The van der Waals surface area contributed by atoms with Gasteiger partial charge in [-0.1, -0.05) is 19.3 Å². The molecule has 0 bridgehead atoms. The quantitative estimate of drug-likeness (QED) is 0.559. The standard InChI is InChI=1S/C8H18N2O2S.ClH/c9-6-7-13(11,12)10-8-4-2-1-3-5-8;/h8,10H,1-7,9H2;1H/p-1. The normalized spacial score (nSPS) is 18.9. The summed E-state index contributed by atoms with van der Waals surface area (Å²) in [5.74, 6) is 0.0451. The lowest BCUT2D eigenvalue weighted by atomic mass is 9.96. The molecular weight excluding hydrogens is 224 g/mol. The van der Waals surface area contributed by atoms with Gasteiger partial charge in [0.1, 0.15) is 0 Å². The lowest BCUT2D eigenvalue weighted by Gasteiger charge is -2.22. The molecule has 4 nitrogen and oxygen atoms in total. The summed E-state index contributed by atoms with van der Waals surface area (Å²) in [6.45, 7) is 0.196. The minimum Gasteiger partial charge on any atom is -1.00 e. The van der Waals surface area contributed by atoms with E-state index in [9.17, 15) is 8.42 Å². The van der Waals surface area contributed by atoms with E-state index in [1.165, 1.54) is 6.42 Å². The van der Waals surface area contributed by atoms with Gasteiger partial charge < -0.3 is 18.1 Å². The molecular formula is C8H18ClN2O2S-. The molecule has 6 heteroatoms. The topological polar surface area (TPSA) is 72.2 Å². The van der Waals surface area contributed by atoms with Gasteiger partial charge >= 0.3 is 0 Å².